The highest BCUT2D eigenvalue weighted by Gasteiger charge is 2.31. The van der Waals surface area contributed by atoms with E-state index in [0.29, 0.717) is 11.8 Å². The predicted octanol–water partition coefficient (Wildman–Crippen LogP) is 4.47. The molecule has 0 radical (unpaired) electrons. The van der Waals surface area contributed by atoms with Crippen molar-refractivity contribution in [1.29, 1.82) is 0 Å². The van der Waals surface area contributed by atoms with Gasteiger partial charge >= 0.3 is 0 Å². The quantitative estimate of drug-likeness (QED) is 0.528. The molecule has 138 valence electrons. The second kappa shape index (κ2) is 9.85. The van der Waals surface area contributed by atoms with Crippen LogP contribution < -0.4 is 20.3 Å². The SMILES string of the molecule is CCC(CC)C(CC)Oc1c(OC(CC)C(CC)CC)c(=O)c1=O. The number of hydrogen-bond acceptors (Lipinski definition) is 4. The van der Waals surface area contributed by atoms with Gasteiger partial charge in [0.1, 0.15) is 12.2 Å². The van der Waals surface area contributed by atoms with Crippen molar-refractivity contribution in [3.8, 4) is 11.5 Å². The fourth-order valence-electron chi connectivity index (χ4n) is 3.52. The van der Waals surface area contributed by atoms with E-state index in [0.717, 1.165) is 38.5 Å². The van der Waals surface area contributed by atoms with Gasteiger partial charge in [-0.3, -0.25) is 9.59 Å². The van der Waals surface area contributed by atoms with Crippen molar-refractivity contribution in [2.75, 3.05) is 0 Å². The fourth-order valence-corrected chi connectivity index (χ4v) is 3.52. The van der Waals surface area contributed by atoms with Gasteiger partial charge < -0.3 is 9.47 Å². The average Bonchev–Trinajstić information content (AvgIpc) is 2.62. The summed E-state index contributed by atoms with van der Waals surface area (Å²) in [7, 11) is 0. The summed E-state index contributed by atoms with van der Waals surface area (Å²) in [5, 5.41) is 0. The second-order valence-corrected chi connectivity index (χ2v) is 6.60. The molecule has 1 rings (SSSR count). The Balaban J connectivity index is 2.98. The molecule has 0 aromatic heterocycles. The predicted molar refractivity (Wildman–Crippen MR) is 98.9 cm³/mol. The summed E-state index contributed by atoms with van der Waals surface area (Å²) in [6.07, 6.45) is 5.51. The van der Waals surface area contributed by atoms with Crippen LogP contribution in [0.15, 0.2) is 9.59 Å². The Morgan fingerprint density at radius 2 is 0.875 bits per heavy atom. The van der Waals surface area contributed by atoms with Gasteiger partial charge in [-0.05, 0) is 50.4 Å². The van der Waals surface area contributed by atoms with Gasteiger partial charge in [0, 0.05) is 0 Å². The van der Waals surface area contributed by atoms with Crippen molar-refractivity contribution in [2.45, 2.75) is 92.3 Å². The minimum absolute atomic E-state index is 0.0427. The van der Waals surface area contributed by atoms with Gasteiger partial charge in [-0.15, -0.1) is 0 Å². The molecule has 0 bridgehead atoms. The summed E-state index contributed by atoms with van der Waals surface area (Å²) in [5.74, 6) is 1.08. The van der Waals surface area contributed by atoms with Crippen LogP contribution in [0.1, 0.15) is 80.1 Å². The van der Waals surface area contributed by atoms with Crippen molar-refractivity contribution in [3.05, 3.63) is 20.4 Å². The molecule has 0 saturated heterocycles. The van der Waals surface area contributed by atoms with E-state index in [2.05, 4.69) is 27.7 Å². The van der Waals surface area contributed by atoms with Crippen LogP contribution >= 0.6 is 0 Å². The Kier molecular flexibility index (Phi) is 8.51. The molecule has 2 unspecified atom stereocenters. The molecule has 0 N–H and O–H groups in total. The lowest BCUT2D eigenvalue weighted by molar-refractivity contribution is 0.0885. The zero-order valence-corrected chi connectivity index (χ0v) is 16.2. The first-order valence-corrected chi connectivity index (χ1v) is 9.65. The molecule has 4 heteroatoms. The van der Waals surface area contributed by atoms with Gasteiger partial charge in [0.05, 0.1) is 0 Å². The molecule has 1 aromatic rings. The number of ether oxygens (including phenoxy) is 2. The van der Waals surface area contributed by atoms with Gasteiger partial charge in [0.15, 0.2) is 0 Å². The van der Waals surface area contributed by atoms with Gasteiger partial charge in [-0.1, -0.05) is 41.5 Å². The van der Waals surface area contributed by atoms with E-state index in [1.54, 1.807) is 0 Å². The molecule has 2 atom stereocenters. The minimum atomic E-state index is -0.534. The fraction of sp³-hybridized carbons (Fsp3) is 0.800. The second-order valence-electron chi connectivity index (χ2n) is 6.60. The Morgan fingerprint density at radius 3 is 1.08 bits per heavy atom. The lowest BCUT2D eigenvalue weighted by atomic mass is 9.94. The highest BCUT2D eigenvalue weighted by molar-refractivity contribution is 5.46. The third kappa shape index (κ3) is 4.40. The minimum Gasteiger partial charge on any atom is -0.482 e. The van der Waals surface area contributed by atoms with Crippen molar-refractivity contribution in [2.24, 2.45) is 11.8 Å². The molecule has 0 amide bonds. The van der Waals surface area contributed by atoms with E-state index in [1.807, 2.05) is 13.8 Å². The highest BCUT2D eigenvalue weighted by Crippen LogP contribution is 2.30. The molecule has 0 saturated carbocycles. The molecule has 0 spiro atoms. The Morgan fingerprint density at radius 1 is 0.583 bits per heavy atom. The lowest BCUT2D eigenvalue weighted by Gasteiger charge is -2.29. The van der Waals surface area contributed by atoms with Crippen LogP contribution in [-0.4, -0.2) is 12.2 Å². The van der Waals surface area contributed by atoms with Crippen LogP contribution in [-0.2, 0) is 0 Å². The summed E-state index contributed by atoms with van der Waals surface area (Å²) in [6.45, 7) is 12.6. The monoisotopic (exact) mass is 338 g/mol. The van der Waals surface area contributed by atoms with E-state index in [9.17, 15) is 9.59 Å². The molecule has 1 aromatic carbocycles. The molecule has 0 aliphatic carbocycles. The first-order chi connectivity index (χ1) is 11.5. The van der Waals surface area contributed by atoms with E-state index in [-0.39, 0.29) is 23.7 Å². The summed E-state index contributed by atoms with van der Waals surface area (Å²) >= 11 is 0. The van der Waals surface area contributed by atoms with Gasteiger partial charge in [-0.25, -0.2) is 0 Å². The number of rotatable bonds is 12. The summed E-state index contributed by atoms with van der Waals surface area (Å²) in [4.78, 5) is 24.0. The Hall–Kier alpha value is -1.32. The maximum Gasteiger partial charge on any atom is 0.275 e. The third-order valence-corrected chi connectivity index (χ3v) is 5.32. The number of hydrogen-bond donors (Lipinski definition) is 0. The van der Waals surface area contributed by atoms with Crippen molar-refractivity contribution < 1.29 is 9.47 Å². The lowest BCUT2D eigenvalue weighted by Crippen LogP contribution is -2.40. The first-order valence-electron chi connectivity index (χ1n) is 9.65. The molecule has 0 heterocycles. The van der Waals surface area contributed by atoms with Crippen LogP contribution in [0.2, 0.25) is 0 Å². The Labute approximate surface area is 146 Å². The zero-order chi connectivity index (χ0) is 18.3. The van der Waals surface area contributed by atoms with Crippen molar-refractivity contribution in [1.82, 2.24) is 0 Å². The smallest absolute Gasteiger partial charge is 0.275 e. The van der Waals surface area contributed by atoms with Crippen LogP contribution in [0.25, 0.3) is 0 Å². The maximum absolute atomic E-state index is 12.0. The van der Waals surface area contributed by atoms with Crippen molar-refractivity contribution in [3.63, 3.8) is 0 Å². The molecule has 0 aliphatic heterocycles. The largest absolute Gasteiger partial charge is 0.482 e. The normalized spacial score (nSPS) is 14.3. The molecule has 4 nitrogen and oxygen atoms in total. The Bertz CT molecular complexity index is 498. The van der Waals surface area contributed by atoms with Crippen LogP contribution in [0.4, 0.5) is 0 Å². The van der Waals surface area contributed by atoms with Crippen LogP contribution in [0, 0.1) is 11.8 Å². The summed E-state index contributed by atoms with van der Waals surface area (Å²) in [6, 6.07) is 0. The van der Waals surface area contributed by atoms with Crippen LogP contribution in [0.3, 0.4) is 0 Å². The molecular formula is C20H34O4. The van der Waals surface area contributed by atoms with E-state index in [4.69, 9.17) is 9.47 Å². The molecule has 0 fully saturated rings. The average molecular weight is 338 g/mol. The first kappa shape index (κ1) is 20.7. The van der Waals surface area contributed by atoms with Crippen molar-refractivity contribution >= 4 is 0 Å². The maximum atomic E-state index is 12.0. The standard InChI is InChI=1S/C20H34O4/c1-7-13(8-2)15(11-5)23-19-17(21)18(22)20(19)24-16(12-6)14(9-3)10-4/h13-16H,7-12H2,1-6H3. The van der Waals surface area contributed by atoms with Gasteiger partial charge in [0.25, 0.3) is 10.9 Å². The summed E-state index contributed by atoms with van der Waals surface area (Å²) < 4.78 is 11.9. The molecule has 24 heavy (non-hydrogen) atoms. The third-order valence-electron chi connectivity index (χ3n) is 5.32. The zero-order valence-electron chi connectivity index (χ0n) is 16.2. The van der Waals surface area contributed by atoms with E-state index >= 15 is 0 Å². The molecular weight excluding hydrogens is 304 g/mol. The highest BCUT2D eigenvalue weighted by atomic mass is 16.5. The van der Waals surface area contributed by atoms with E-state index < -0.39 is 10.9 Å². The summed E-state index contributed by atoms with van der Waals surface area (Å²) in [5.41, 5.74) is -1.07. The van der Waals surface area contributed by atoms with Crippen LogP contribution in [0.5, 0.6) is 11.5 Å². The van der Waals surface area contributed by atoms with Gasteiger partial charge in [0.2, 0.25) is 11.5 Å². The van der Waals surface area contributed by atoms with E-state index in [1.165, 1.54) is 0 Å². The topological polar surface area (TPSA) is 52.6 Å². The van der Waals surface area contributed by atoms with Gasteiger partial charge in [-0.2, -0.15) is 0 Å². The molecule has 0 aliphatic rings.